The molecule has 1 unspecified atom stereocenters. The number of halogens is 4. The Morgan fingerprint density at radius 1 is 1.28 bits per heavy atom. The Hall–Kier alpha value is -1.28. The van der Waals surface area contributed by atoms with Gasteiger partial charge in [-0.05, 0) is 74.7 Å². The summed E-state index contributed by atoms with van der Waals surface area (Å²) in [6.45, 7) is 1.57. The summed E-state index contributed by atoms with van der Waals surface area (Å²) in [6.07, 6.45) is 0.628. The van der Waals surface area contributed by atoms with Crippen molar-refractivity contribution in [2.75, 3.05) is 0 Å². The van der Waals surface area contributed by atoms with Gasteiger partial charge in [0.1, 0.15) is 11.5 Å². The normalized spacial score (nSPS) is 12.2. The SMILES string of the molecule is CC(Oc1ccc(Cl)cc1Cl)C(=O)NN=Cc1cc(Br)c(O)c(Br)c1. The summed E-state index contributed by atoms with van der Waals surface area (Å²) in [5.41, 5.74) is 3.05. The van der Waals surface area contributed by atoms with Crippen LogP contribution in [0.2, 0.25) is 10.0 Å². The van der Waals surface area contributed by atoms with Gasteiger partial charge in [0.05, 0.1) is 20.2 Å². The van der Waals surface area contributed by atoms with E-state index in [1.807, 2.05) is 0 Å². The van der Waals surface area contributed by atoms with Crippen LogP contribution in [0.25, 0.3) is 0 Å². The van der Waals surface area contributed by atoms with Crippen LogP contribution in [0.5, 0.6) is 11.5 Å². The van der Waals surface area contributed by atoms with E-state index in [9.17, 15) is 9.90 Å². The number of aromatic hydroxyl groups is 1. The molecule has 2 aromatic carbocycles. The Morgan fingerprint density at radius 3 is 2.52 bits per heavy atom. The summed E-state index contributed by atoms with van der Waals surface area (Å²) >= 11 is 18.3. The lowest BCUT2D eigenvalue weighted by atomic mass is 10.2. The molecule has 0 aromatic heterocycles. The van der Waals surface area contributed by atoms with E-state index in [0.29, 0.717) is 30.3 Å². The number of phenolic OH excluding ortho intramolecular Hbond substituents is 1. The second-order valence-electron chi connectivity index (χ2n) is 4.90. The largest absolute Gasteiger partial charge is 0.506 e. The molecule has 132 valence electrons. The predicted octanol–water partition coefficient (Wildman–Crippen LogP) is 5.14. The maximum Gasteiger partial charge on any atom is 0.280 e. The Morgan fingerprint density at radius 2 is 1.92 bits per heavy atom. The number of carbonyl (C=O) groups excluding carboxylic acids is 1. The zero-order chi connectivity index (χ0) is 18.6. The minimum Gasteiger partial charge on any atom is -0.506 e. The van der Waals surface area contributed by atoms with Gasteiger partial charge in [0, 0.05) is 5.02 Å². The van der Waals surface area contributed by atoms with Crippen LogP contribution in [0.15, 0.2) is 44.4 Å². The zero-order valence-corrected chi connectivity index (χ0v) is 17.4. The van der Waals surface area contributed by atoms with Crippen LogP contribution in [0.3, 0.4) is 0 Å². The average Bonchev–Trinajstić information content (AvgIpc) is 2.54. The molecule has 0 aliphatic heterocycles. The number of nitrogens with one attached hydrogen (secondary N) is 1. The fourth-order valence-corrected chi connectivity index (χ4v) is 3.41. The minimum atomic E-state index is -0.811. The van der Waals surface area contributed by atoms with Gasteiger partial charge in [0.25, 0.3) is 5.91 Å². The Labute approximate surface area is 171 Å². The number of benzene rings is 2. The summed E-state index contributed by atoms with van der Waals surface area (Å²) in [4.78, 5) is 12.0. The minimum absolute atomic E-state index is 0.0862. The van der Waals surface area contributed by atoms with E-state index in [1.54, 1.807) is 31.2 Å². The fraction of sp³-hybridized carbons (Fsp3) is 0.125. The van der Waals surface area contributed by atoms with Gasteiger partial charge in [-0.3, -0.25) is 4.79 Å². The quantitative estimate of drug-likeness (QED) is 0.432. The molecular formula is C16H12Br2Cl2N2O3. The Balaban J connectivity index is 1.97. The van der Waals surface area contributed by atoms with Crippen molar-refractivity contribution in [3.05, 3.63) is 54.9 Å². The molecule has 0 bridgehead atoms. The monoisotopic (exact) mass is 508 g/mol. The van der Waals surface area contributed by atoms with Crippen molar-refractivity contribution in [3.63, 3.8) is 0 Å². The third-order valence-electron chi connectivity index (χ3n) is 2.99. The predicted molar refractivity (Wildman–Crippen MR) is 106 cm³/mol. The first-order chi connectivity index (χ1) is 11.8. The highest BCUT2D eigenvalue weighted by Gasteiger charge is 2.15. The van der Waals surface area contributed by atoms with Crippen molar-refractivity contribution < 1.29 is 14.6 Å². The van der Waals surface area contributed by atoms with Crippen LogP contribution < -0.4 is 10.2 Å². The number of carbonyl (C=O) groups is 1. The zero-order valence-electron chi connectivity index (χ0n) is 12.8. The maximum absolute atomic E-state index is 12.0. The molecule has 2 rings (SSSR count). The van der Waals surface area contributed by atoms with E-state index in [0.717, 1.165) is 0 Å². The van der Waals surface area contributed by atoms with Crippen molar-refractivity contribution in [1.29, 1.82) is 0 Å². The standard InChI is InChI=1S/C16H12Br2Cl2N2O3/c1-8(25-14-3-2-10(19)6-13(14)20)16(24)22-21-7-9-4-11(17)15(23)12(18)5-9/h2-8,23H,1H3,(H,22,24). The highest BCUT2D eigenvalue weighted by Crippen LogP contribution is 2.32. The lowest BCUT2D eigenvalue weighted by Crippen LogP contribution is -2.33. The van der Waals surface area contributed by atoms with Crippen molar-refractivity contribution in [3.8, 4) is 11.5 Å². The van der Waals surface area contributed by atoms with Gasteiger partial charge >= 0.3 is 0 Å². The van der Waals surface area contributed by atoms with Crippen molar-refractivity contribution >= 4 is 67.2 Å². The number of nitrogens with zero attached hydrogens (tertiary/aromatic N) is 1. The van der Waals surface area contributed by atoms with Gasteiger partial charge in [0.15, 0.2) is 6.10 Å². The number of hydrogen-bond acceptors (Lipinski definition) is 4. The number of hydrogen-bond donors (Lipinski definition) is 2. The van der Waals surface area contributed by atoms with Crippen LogP contribution in [0.4, 0.5) is 0 Å². The van der Waals surface area contributed by atoms with Gasteiger partial charge in [-0.1, -0.05) is 23.2 Å². The van der Waals surface area contributed by atoms with E-state index in [4.69, 9.17) is 27.9 Å². The molecule has 0 heterocycles. The lowest BCUT2D eigenvalue weighted by molar-refractivity contribution is -0.127. The van der Waals surface area contributed by atoms with Crippen molar-refractivity contribution in [1.82, 2.24) is 5.43 Å². The third-order valence-corrected chi connectivity index (χ3v) is 4.73. The molecule has 0 aliphatic carbocycles. The number of amides is 1. The smallest absolute Gasteiger partial charge is 0.280 e. The number of rotatable bonds is 5. The first-order valence-corrected chi connectivity index (χ1v) is 9.24. The molecule has 1 atom stereocenters. The summed E-state index contributed by atoms with van der Waals surface area (Å²) in [7, 11) is 0. The molecule has 2 aromatic rings. The summed E-state index contributed by atoms with van der Waals surface area (Å²) in [5, 5.41) is 14.3. The molecule has 0 aliphatic rings. The van der Waals surface area contributed by atoms with Gasteiger partial charge in [-0.2, -0.15) is 5.10 Å². The van der Waals surface area contributed by atoms with Crippen molar-refractivity contribution in [2.45, 2.75) is 13.0 Å². The van der Waals surface area contributed by atoms with Gasteiger partial charge < -0.3 is 9.84 Å². The van der Waals surface area contributed by atoms with Gasteiger partial charge in [-0.15, -0.1) is 0 Å². The fourth-order valence-electron chi connectivity index (χ4n) is 1.74. The Kier molecular flexibility index (Phi) is 7.13. The molecule has 5 nitrogen and oxygen atoms in total. The molecule has 0 saturated heterocycles. The molecule has 25 heavy (non-hydrogen) atoms. The first kappa shape index (κ1) is 20.0. The van der Waals surface area contributed by atoms with Gasteiger partial charge in [0.2, 0.25) is 0 Å². The molecule has 2 N–H and O–H groups in total. The number of hydrazone groups is 1. The Bertz CT molecular complexity index is 808. The van der Waals surface area contributed by atoms with Crippen LogP contribution in [-0.2, 0) is 4.79 Å². The second-order valence-corrected chi connectivity index (χ2v) is 7.45. The van der Waals surface area contributed by atoms with E-state index in [1.165, 1.54) is 12.3 Å². The van der Waals surface area contributed by atoms with E-state index in [-0.39, 0.29) is 5.75 Å². The van der Waals surface area contributed by atoms with Crippen LogP contribution >= 0.6 is 55.1 Å². The lowest BCUT2D eigenvalue weighted by Gasteiger charge is -2.14. The molecule has 1 amide bonds. The highest BCUT2D eigenvalue weighted by molar-refractivity contribution is 9.11. The van der Waals surface area contributed by atoms with E-state index in [2.05, 4.69) is 42.4 Å². The summed E-state index contributed by atoms with van der Waals surface area (Å²) in [6, 6.07) is 8.05. The first-order valence-electron chi connectivity index (χ1n) is 6.90. The number of phenols is 1. The number of ether oxygens (including phenoxy) is 1. The van der Waals surface area contributed by atoms with E-state index >= 15 is 0 Å². The maximum atomic E-state index is 12.0. The molecule has 0 radical (unpaired) electrons. The molecule has 0 saturated carbocycles. The molecule has 0 spiro atoms. The summed E-state index contributed by atoms with van der Waals surface area (Å²) < 4.78 is 6.50. The molecular weight excluding hydrogens is 499 g/mol. The van der Waals surface area contributed by atoms with E-state index < -0.39 is 12.0 Å². The van der Waals surface area contributed by atoms with Gasteiger partial charge in [-0.25, -0.2) is 5.43 Å². The average molecular weight is 511 g/mol. The topological polar surface area (TPSA) is 70.9 Å². The highest BCUT2D eigenvalue weighted by atomic mass is 79.9. The van der Waals surface area contributed by atoms with Crippen molar-refractivity contribution in [2.24, 2.45) is 5.10 Å². The van der Waals surface area contributed by atoms with Crippen LogP contribution in [0.1, 0.15) is 12.5 Å². The summed E-state index contributed by atoms with van der Waals surface area (Å²) in [5.74, 6) is -0.00804. The molecule has 0 fully saturated rings. The second kappa shape index (κ2) is 8.89. The van der Waals surface area contributed by atoms with Crippen LogP contribution in [0, 0.1) is 0 Å². The van der Waals surface area contributed by atoms with Crippen LogP contribution in [-0.4, -0.2) is 23.3 Å². The molecule has 9 heteroatoms. The third kappa shape index (κ3) is 5.60.